The van der Waals surface area contributed by atoms with E-state index in [0.717, 1.165) is 6.26 Å². The number of fused-ring (bicyclic) bond motifs is 1. The van der Waals surface area contributed by atoms with Crippen LogP contribution in [0.4, 0.5) is 0 Å². The lowest BCUT2D eigenvalue weighted by molar-refractivity contribution is -0.229. The maximum atomic E-state index is 11.6. The van der Waals surface area contributed by atoms with Crippen molar-refractivity contribution in [3.8, 4) is 0 Å². The van der Waals surface area contributed by atoms with Gasteiger partial charge in [0.25, 0.3) is 10.1 Å². The minimum Gasteiger partial charge on any atom is -0.462 e. The number of hydrogen-bond donors (Lipinski definition) is 0. The van der Waals surface area contributed by atoms with E-state index < -0.39 is 58.5 Å². The molecule has 0 radical (unpaired) electrons. The second-order valence-corrected chi connectivity index (χ2v) is 7.89. The van der Waals surface area contributed by atoms with Crippen molar-refractivity contribution in [2.24, 2.45) is 0 Å². The van der Waals surface area contributed by atoms with Crippen molar-refractivity contribution < 1.29 is 45.9 Å². The molecule has 0 bridgehead atoms. The van der Waals surface area contributed by atoms with Crippen LogP contribution >= 0.6 is 0 Å². The van der Waals surface area contributed by atoms with Crippen LogP contribution in [0, 0.1) is 0 Å². The highest BCUT2D eigenvalue weighted by Crippen LogP contribution is 2.40. The number of hydrogen-bond acceptors (Lipinski definition) is 10. The molecule has 0 aromatic rings. The van der Waals surface area contributed by atoms with Crippen LogP contribution in [0.5, 0.6) is 0 Å². The first kappa shape index (κ1) is 20.0. The van der Waals surface area contributed by atoms with Gasteiger partial charge in [-0.1, -0.05) is 0 Å². The van der Waals surface area contributed by atoms with Crippen molar-refractivity contribution in [3.63, 3.8) is 0 Å². The highest BCUT2D eigenvalue weighted by atomic mass is 32.2. The zero-order chi connectivity index (χ0) is 19.0. The molecule has 144 valence electrons. The van der Waals surface area contributed by atoms with Gasteiger partial charge in [0.1, 0.15) is 24.9 Å². The Morgan fingerprint density at radius 3 is 2.32 bits per heavy atom. The number of esters is 2. The first-order valence-corrected chi connectivity index (χ1v) is 9.39. The van der Waals surface area contributed by atoms with Gasteiger partial charge in [0.2, 0.25) is 0 Å². The van der Waals surface area contributed by atoms with Gasteiger partial charge in [-0.3, -0.25) is 13.8 Å². The van der Waals surface area contributed by atoms with E-state index in [-0.39, 0.29) is 6.61 Å². The van der Waals surface area contributed by atoms with Gasteiger partial charge < -0.3 is 23.7 Å². The summed E-state index contributed by atoms with van der Waals surface area (Å²) in [5.41, 5.74) is 0. The fraction of sp³-hybridized carbons (Fsp3) is 0.857. The minimum atomic E-state index is -3.87. The van der Waals surface area contributed by atoms with E-state index in [9.17, 15) is 18.0 Å². The Kier molecular flexibility index (Phi) is 5.74. The Morgan fingerprint density at radius 2 is 1.80 bits per heavy atom. The Balaban J connectivity index is 2.25. The fourth-order valence-electron chi connectivity index (χ4n) is 2.72. The molecule has 11 heteroatoms. The molecule has 0 spiro atoms. The third-order valence-corrected chi connectivity index (χ3v) is 4.02. The molecule has 0 aliphatic carbocycles. The van der Waals surface area contributed by atoms with E-state index in [4.69, 9.17) is 27.9 Å². The summed E-state index contributed by atoms with van der Waals surface area (Å²) < 4.78 is 55.2. The van der Waals surface area contributed by atoms with Gasteiger partial charge in [-0.15, -0.1) is 0 Å². The molecular formula is C14H22O10S. The van der Waals surface area contributed by atoms with Crippen molar-refractivity contribution in [1.82, 2.24) is 0 Å². The van der Waals surface area contributed by atoms with Crippen LogP contribution in [-0.4, -0.2) is 69.7 Å². The van der Waals surface area contributed by atoms with E-state index >= 15 is 0 Å². The number of carbonyl (C=O) groups is 2. The Hall–Kier alpha value is -1.27. The lowest BCUT2D eigenvalue weighted by Crippen LogP contribution is -2.47. The van der Waals surface area contributed by atoms with E-state index in [0.29, 0.717) is 0 Å². The molecule has 0 N–H and O–H groups in total. The van der Waals surface area contributed by atoms with Gasteiger partial charge in [-0.05, 0) is 13.8 Å². The summed E-state index contributed by atoms with van der Waals surface area (Å²) in [7, 11) is -3.87. The Morgan fingerprint density at radius 1 is 1.16 bits per heavy atom. The highest BCUT2D eigenvalue weighted by molar-refractivity contribution is 7.86. The maximum Gasteiger partial charge on any atom is 0.303 e. The lowest BCUT2D eigenvalue weighted by atomic mass is 10.1. The van der Waals surface area contributed by atoms with Gasteiger partial charge >= 0.3 is 11.9 Å². The number of rotatable bonds is 6. The van der Waals surface area contributed by atoms with Crippen LogP contribution in [0.1, 0.15) is 27.7 Å². The van der Waals surface area contributed by atoms with E-state index in [1.54, 1.807) is 13.8 Å². The SMILES string of the molecule is CC(=O)OC[C@H](OC(C)=O)[C@H]1O[C@H]2OC(C)(C)O[C@@H]2[C@H]1OS(C)(=O)=O. The molecule has 2 heterocycles. The number of carbonyl (C=O) groups excluding carboxylic acids is 2. The van der Waals surface area contributed by atoms with Gasteiger partial charge in [-0.2, -0.15) is 8.42 Å². The predicted molar refractivity (Wildman–Crippen MR) is 80.6 cm³/mol. The molecule has 2 rings (SSSR count). The van der Waals surface area contributed by atoms with E-state index in [1.165, 1.54) is 13.8 Å². The van der Waals surface area contributed by atoms with Gasteiger partial charge in [0.05, 0.1) is 6.26 Å². The fourth-order valence-corrected chi connectivity index (χ4v) is 3.35. The highest BCUT2D eigenvalue weighted by Gasteiger charge is 2.59. The second-order valence-electron chi connectivity index (χ2n) is 6.28. The molecule has 0 aromatic carbocycles. The van der Waals surface area contributed by atoms with Crippen LogP contribution in [0.15, 0.2) is 0 Å². The summed E-state index contributed by atoms with van der Waals surface area (Å²) >= 11 is 0. The quantitative estimate of drug-likeness (QED) is 0.447. The summed E-state index contributed by atoms with van der Waals surface area (Å²) in [6, 6.07) is 0. The molecule has 2 aliphatic rings. The summed E-state index contributed by atoms with van der Waals surface area (Å²) in [6.07, 6.45) is -4.18. The van der Waals surface area contributed by atoms with Crippen molar-refractivity contribution in [2.75, 3.05) is 12.9 Å². The molecule has 25 heavy (non-hydrogen) atoms. The van der Waals surface area contributed by atoms with E-state index in [1.807, 2.05) is 0 Å². The van der Waals surface area contributed by atoms with Crippen molar-refractivity contribution in [2.45, 2.75) is 64.2 Å². The lowest BCUT2D eigenvalue weighted by Gasteiger charge is -2.29. The Labute approximate surface area is 145 Å². The average molecular weight is 382 g/mol. The summed E-state index contributed by atoms with van der Waals surface area (Å²) in [6.45, 7) is 5.31. The van der Waals surface area contributed by atoms with Crippen molar-refractivity contribution in [1.29, 1.82) is 0 Å². The molecule has 0 saturated carbocycles. The minimum absolute atomic E-state index is 0.327. The zero-order valence-corrected chi connectivity index (χ0v) is 15.4. The smallest absolute Gasteiger partial charge is 0.303 e. The van der Waals surface area contributed by atoms with Crippen LogP contribution < -0.4 is 0 Å². The maximum absolute atomic E-state index is 11.6. The van der Waals surface area contributed by atoms with E-state index in [2.05, 4.69) is 0 Å². The average Bonchev–Trinajstić information content (AvgIpc) is 2.86. The van der Waals surface area contributed by atoms with Crippen molar-refractivity contribution >= 4 is 22.1 Å². The molecule has 10 nitrogen and oxygen atoms in total. The van der Waals surface area contributed by atoms with Crippen LogP contribution in [0.3, 0.4) is 0 Å². The molecule has 2 fully saturated rings. The third-order valence-electron chi connectivity index (χ3n) is 3.45. The predicted octanol–water partition coefficient (Wildman–Crippen LogP) is -0.298. The second kappa shape index (κ2) is 7.16. The largest absolute Gasteiger partial charge is 0.462 e. The standard InChI is InChI=1S/C14H22O10S/c1-7(15)19-6-9(20-8(2)16)10-11(24-25(5,17)18)12-13(21-10)23-14(3,4)22-12/h9-13H,6H2,1-5H3/t9-,10+,11-,12+,13-/m0/s1. The van der Waals surface area contributed by atoms with Crippen LogP contribution in [-0.2, 0) is 47.6 Å². The first-order valence-electron chi connectivity index (χ1n) is 7.58. The van der Waals surface area contributed by atoms with Crippen LogP contribution in [0.2, 0.25) is 0 Å². The van der Waals surface area contributed by atoms with Crippen LogP contribution in [0.25, 0.3) is 0 Å². The number of ether oxygens (including phenoxy) is 5. The summed E-state index contributed by atoms with van der Waals surface area (Å²) in [5.74, 6) is -2.24. The van der Waals surface area contributed by atoms with Gasteiger partial charge in [0, 0.05) is 13.8 Å². The Bertz CT molecular complexity index is 628. The molecule has 0 aromatic heterocycles. The van der Waals surface area contributed by atoms with Gasteiger partial charge in [0.15, 0.2) is 18.2 Å². The topological polar surface area (TPSA) is 124 Å². The van der Waals surface area contributed by atoms with Gasteiger partial charge in [-0.25, -0.2) is 0 Å². The molecule has 0 amide bonds. The molecular weight excluding hydrogens is 360 g/mol. The molecule has 5 atom stereocenters. The first-order chi connectivity index (χ1) is 11.4. The molecule has 0 unspecified atom stereocenters. The third kappa shape index (κ3) is 5.35. The summed E-state index contributed by atoms with van der Waals surface area (Å²) in [5, 5.41) is 0. The zero-order valence-electron chi connectivity index (χ0n) is 14.6. The molecule has 2 aliphatic heterocycles. The monoisotopic (exact) mass is 382 g/mol. The summed E-state index contributed by atoms with van der Waals surface area (Å²) in [4.78, 5) is 22.4. The molecule has 2 saturated heterocycles. The van der Waals surface area contributed by atoms with Crippen molar-refractivity contribution in [3.05, 3.63) is 0 Å². The normalized spacial score (nSPS) is 32.0.